The highest BCUT2D eigenvalue weighted by atomic mass is 79.9. The number of nitrogens with one attached hydrogen (secondary N) is 1. The number of rotatable bonds is 3. The summed E-state index contributed by atoms with van der Waals surface area (Å²) in [6.07, 6.45) is 0. The lowest BCUT2D eigenvalue weighted by atomic mass is 9.87. The van der Waals surface area contributed by atoms with E-state index in [1.807, 2.05) is 20.8 Å². The molecule has 1 amide bonds. The number of hydrogen-bond donors (Lipinski definition) is 2. The van der Waals surface area contributed by atoms with Crippen LogP contribution in [0.2, 0.25) is 0 Å². The highest BCUT2D eigenvalue weighted by Gasteiger charge is 2.27. The predicted octanol–water partition coefficient (Wildman–Crippen LogP) is 3.19. The molecule has 0 aliphatic heterocycles. The van der Waals surface area contributed by atoms with Gasteiger partial charge in [0.1, 0.15) is 5.75 Å². The Bertz CT molecular complexity index is 447. The number of carbonyl (C=O) groups excluding carboxylic acids is 1. The van der Waals surface area contributed by atoms with Gasteiger partial charge in [-0.15, -0.1) is 12.4 Å². The van der Waals surface area contributed by atoms with Crippen molar-refractivity contribution in [2.24, 2.45) is 11.1 Å². The van der Waals surface area contributed by atoms with Crippen LogP contribution in [0.4, 0.5) is 5.69 Å². The summed E-state index contributed by atoms with van der Waals surface area (Å²) in [5.74, 6) is 0.521. The number of benzene rings is 1. The Balaban J connectivity index is 0.00000324. The molecule has 1 aromatic rings. The lowest BCUT2D eigenvalue weighted by molar-refractivity contribution is -0.119. The normalized spacial score (nSPS) is 12.3. The summed E-state index contributed by atoms with van der Waals surface area (Å²) in [6, 6.07) is 4.78. The maximum absolute atomic E-state index is 11.9. The largest absolute Gasteiger partial charge is 0.496 e. The van der Waals surface area contributed by atoms with Crippen molar-refractivity contribution in [3.05, 3.63) is 22.7 Å². The van der Waals surface area contributed by atoms with Crippen LogP contribution in [0.15, 0.2) is 22.7 Å². The number of methoxy groups -OCH3 is 1. The molecule has 0 aliphatic rings. The average Bonchev–Trinajstić information content (AvgIpc) is 2.27. The first-order valence-electron chi connectivity index (χ1n) is 5.65. The molecule has 0 radical (unpaired) electrons. The molecule has 3 N–H and O–H groups in total. The lowest BCUT2D eigenvalue weighted by Crippen LogP contribution is -2.45. The monoisotopic (exact) mass is 350 g/mol. The van der Waals surface area contributed by atoms with Crippen LogP contribution in [0.1, 0.15) is 20.8 Å². The predicted molar refractivity (Wildman–Crippen MR) is 84.0 cm³/mol. The molecule has 0 heterocycles. The molecule has 6 heteroatoms. The lowest BCUT2D eigenvalue weighted by Gasteiger charge is -2.25. The van der Waals surface area contributed by atoms with E-state index in [2.05, 4.69) is 21.2 Å². The fourth-order valence-electron chi connectivity index (χ4n) is 1.36. The van der Waals surface area contributed by atoms with Gasteiger partial charge in [0.2, 0.25) is 5.91 Å². The second-order valence-corrected chi connectivity index (χ2v) is 6.04. The zero-order chi connectivity index (χ0) is 13.9. The van der Waals surface area contributed by atoms with Crippen LogP contribution in [-0.4, -0.2) is 19.1 Å². The highest BCUT2D eigenvalue weighted by Crippen LogP contribution is 2.28. The Morgan fingerprint density at radius 2 is 2.00 bits per heavy atom. The maximum Gasteiger partial charge on any atom is 0.241 e. The first-order valence-corrected chi connectivity index (χ1v) is 6.45. The molecule has 19 heavy (non-hydrogen) atoms. The van der Waals surface area contributed by atoms with Gasteiger partial charge in [-0.05, 0) is 39.5 Å². The van der Waals surface area contributed by atoms with Gasteiger partial charge in [0.15, 0.2) is 0 Å². The molecule has 0 spiro atoms. The van der Waals surface area contributed by atoms with Gasteiger partial charge >= 0.3 is 0 Å². The van der Waals surface area contributed by atoms with E-state index in [0.29, 0.717) is 11.4 Å². The molecular weight excluding hydrogens is 332 g/mol. The van der Waals surface area contributed by atoms with Crippen molar-refractivity contribution < 1.29 is 9.53 Å². The Morgan fingerprint density at radius 1 is 1.42 bits per heavy atom. The topological polar surface area (TPSA) is 64.3 Å². The number of amides is 1. The van der Waals surface area contributed by atoms with Crippen molar-refractivity contribution in [3.63, 3.8) is 0 Å². The Morgan fingerprint density at radius 3 is 2.42 bits per heavy atom. The molecule has 0 saturated heterocycles. The summed E-state index contributed by atoms with van der Waals surface area (Å²) in [5.41, 5.74) is 6.31. The quantitative estimate of drug-likeness (QED) is 0.879. The van der Waals surface area contributed by atoms with Gasteiger partial charge in [-0.2, -0.15) is 0 Å². The van der Waals surface area contributed by atoms with Gasteiger partial charge in [0.05, 0.1) is 17.6 Å². The fraction of sp³-hybridized carbons (Fsp3) is 0.462. The van der Waals surface area contributed by atoms with Crippen LogP contribution in [0.5, 0.6) is 5.75 Å². The van der Waals surface area contributed by atoms with Crippen LogP contribution in [-0.2, 0) is 4.79 Å². The van der Waals surface area contributed by atoms with Gasteiger partial charge in [-0.25, -0.2) is 0 Å². The molecule has 108 valence electrons. The van der Waals surface area contributed by atoms with Crippen molar-refractivity contribution in [2.75, 3.05) is 12.4 Å². The zero-order valence-corrected chi connectivity index (χ0v) is 13.9. The van der Waals surface area contributed by atoms with Gasteiger partial charge in [0.25, 0.3) is 0 Å². The minimum absolute atomic E-state index is 0. The second kappa shape index (κ2) is 7.12. The molecule has 1 atom stereocenters. The third-order valence-corrected chi connectivity index (χ3v) is 3.25. The zero-order valence-electron chi connectivity index (χ0n) is 11.5. The molecule has 0 aromatic heterocycles. The third kappa shape index (κ3) is 5.01. The van der Waals surface area contributed by atoms with Crippen LogP contribution in [0, 0.1) is 5.41 Å². The fourth-order valence-corrected chi connectivity index (χ4v) is 1.90. The number of halogens is 2. The first-order chi connectivity index (χ1) is 8.25. The Labute approximate surface area is 128 Å². The molecule has 0 unspecified atom stereocenters. The SMILES string of the molecule is COc1ccc(NC(=O)[C@@H](N)C(C)(C)C)cc1Br.Cl. The van der Waals surface area contributed by atoms with Gasteiger partial charge in [-0.1, -0.05) is 20.8 Å². The number of hydrogen-bond acceptors (Lipinski definition) is 3. The molecule has 0 bridgehead atoms. The van der Waals surface area contributed by atoms with E-state index >= 15 is 0 Å². The molecule has 0 saturated carbocycles. The molecular formula is C13H20BrClN2O2. The number of anilines is 1. The molecule has 0 aliphatic carbocycles. The van der Waals surface area contributed by atoms with Crippen molar-refractivity contribution in [1.29, 1.82) is 0 Å². The number of ether oxygens (including phenoxy) is 1. The molecule has 4 nitrogen and oxygen atoms in total. The van der Waals surface area contributed by atoms with Crippen LogP contribution in [0.25, 0.3) is 0 Å². The van der Waals surface area contributed by atoms with Crippen LogP contribution in [0.3, 0.4) is 0 Å². The van der Waals surface area contributed by atoms with E-state index in [4.69, 9.17) is 10.5 Å². The summed E-state index contributed by atoms with van der Waals surface area (Å²) in [4.78, 5) is 11.9. The maximum atomic E-state index is 11.9. The van der Waals surface area contributed by atoms with E-state index in [-0.39, 0.29) is 23.7 Å². The van der Waals surface area contributed by atoms with Gasteiger partial charge in [0, 0.05) is 5.69 Å². The van der Waals surface area contributed by atoms with Crippen molar-refractivity contribution in [3.8, 4) is 5.75 Å². The summed E-state index contributed by atoms with van der Waals surface area (Å²) < 4.78 is 5.91. The number of nitrogens with two attached hydrogens (primary N) is 1. The van der Waals surface area contributed by atoms with E-state index in [9.17, 15) is 4.79 Å². The number of carbonyl (C=O) groups is 1. The Kier molecular flexibility index (Phi) is 6.83. The van der Waals surface area contributed by atoms with Gasteiger partial charge in [-0.3, -0.25) is 4.79 Å². The van der Waals surface area contributed by atoms with Crippen LogP contribution < -0.4 is 15.8 Å². The minimum atomic E-state index is -0.557. The standard InChI is InChI=1S/C13H19BrN2O2.ClH/c1-13(2,3)11(15)12(17)16-8-5-6-10(18-4)9(14)7-8;/h5-7,11H,15H2,1-4H3,(H,16,17);1H/t11-;/m1./s1. The van der Waals surface area contributed by atoms with Crippen LogP contribution >= 0.6 is 28.3 Å². The second-order valence-electron chi connectivity index (χ2n) is 5.18. The van der Waals surface area contributed by atoms with E-state index < -0.39 is 6.04 Å². The highest BCUT2D eigenvalue weighted by molar-refractivity contribution is 9.10. The first kappa shape index (κ1) is 18.2. The van der Waals surface area contributed by atoms with E-state index in [1.54, 1.807) is 25.3 Å². The van der Waals surface area contributed by atoms with Crippen molar-refractivity contribution in [1.82, 2.24) is 0 Å². The molecule has 1 rings (SSSR count). The summed E-state index contributed by atoms with van der Waals surface area (Å²) >= 11 is 3.37. The third-order valence-electron chi connectivity index (χ3n) is 2.63. The molecule has 0 fully saturated rings. The van der Waals surface area contributed by atoms with Crippen molar-refractivity contribution >= 4 is 39.9 Å². The van der Waals surface area contributed by atoms with Gasteiger partial charge < -0.3 is 15.8 Å². The Hall–Kier alpha value is -0.780. The molecule has 1 aromatic carbocycles. The minimum Gasteiger partial charge on any atom is -0.496 e. The van der Waals surface area contributed by atoms with E-state index in [1.165, 1.54) is 0 Å². The summed E-state index contributed by atoms with van der Waals surface area (Å²) in [6.45, 7) is 5.80. The summed E-state index contributed by atoms with van der Waals surface area (Å²) in [7, 11) is 1.59. The van der Waals surface area contributed by atoms with E-state index in [0.717, 1.165) is 4.47 Å². The average molecular weight is 352 g/mol. The summed E-state index contributed by atoms with van der Waals surface area (Å²) in [5, 5.41) is 2.79. The van der Waals surface area contributed by atoms with Crippen molar-refractivity contribution in [2.45, 2.75) is 26.8 Å². The smallest absolute Gasteiger partial charge is 0.241 e.